The molecule has 2 aromatic carbocycles. The number of H-pyrrole nitrogens is 1. The van der Waals surface area contributed by atoms with Crippen LogP contribution in [0.3, 0.4) is 0 Å². The Balaban J connectivity index is 1.49. The van der Waals surface area contributed by atoms with E-state index in [9.17, 15) is 9.18 Å². The third kappa shape index (κ3) is 5.68. The molecule has 0 amide bonds. The van der Waals surface area contributed by atoms with Gasteiger partial charge in [-0.25, -0.2) is 9.07 Å². The van der Waals surface area contributed by atoms with Crippen LogP contribution in [0.25, 0.3) is 10.9 Å². The fraction of sp³-hybridized carbons (Fsp3) is 0.310. The molecule has 1 aliphatic heterocycles. The molecule has 0 spiro atoms. The van der Waals surface area contributed by atoms with Gasteiger partial charge in [-0.1, -0.05) is 29.8 Å². The number of nitrogens with one attached hydrogen (secondary N) is 1. The summed E-state index contributed by atoms with van der Waals surface area (Å²) in [4.78, 5) is 20.2. The third-order valence-corrected chi connectivity index (χ3v) is 8.00. The van der Waals surface area contributed by atoms with Crippen LogP contribution in [0.15, 0.2) is 70.8 Å². The first-order valence-corrected chi connectivity index (χ1v) is 13.9. The highest BCUT2D eigenvalue weighted by atomic mass is 32.1. The molecule has 5 aromatic rings. The lowest BCUT2D eigenvalue weighted by atomic mass is 10.0. The van der Waals surface area contributed by atoms with Gasteiger partial charge in [-0.3, -0.25) is 9.69 Å². The zero-order chi connectivity index (χ0) is 26.8. The molecule has 1 fully saturated rings. The first-order valence-electron chi connectivity index (χ1n) is 13.1. The first-order chi connectivity index (χ1) is 19.0. The zero-order valence-electron chi connectivity index (χ0n) is 21.6. The van der Waals surface area contributed by atoms with Crippen molar-refractivity contribution in [2.45, 2.75) is 45.0 Å². The fourth-order valence-corrected chi connectivity index (χ4v) is 5.97. The predicted octanol–water partition coefficient (Wildman–Crippen LogP) is 4.84. The van der Waals surface area contributed by atoms with Gasteiger partial charge in [-0.15, -0.1) is 16.4 Å². The summed E-state index contributed by atoms with van der Waals surface area (Å²) in [7, 11) is 0. The van der Waals surface area contributed by atoms with Crippen molar-refractivity contribution in [3.63, 3.8) is 0 Å². The van der Waals surface area contributed by atoms with Crippen LogP contribution in [0.5, 0.6) is 0 Å². The largest absolute Gasteiger partial charge is 0.377 e. The summed E-state index contributed by atoms with van der Waals surface area (Å²) in [6.45, 7) is 4.34. The summed E-state index contributed by atoms with van der Waals surface area (Å²) in [5, 5.41) is 15.8. The Labute approximate surface area is 229 Å². The number of aromatic nitrogens is 5. The number of rotatable bonds is 9. The molecule has 0 unspecified atom stereocenters. The van der Waals surface area contributed by atoms with Crippen molar-refractivity contribution in [3.8, 4) is 0 Å². The van der Waals surface area contributed by atoms with Crippen molar-refractivity contribution < 1.29 is 9.13 Å². The number of halogens is 1. The summed E-state index contributed by atoms with van der Waals surface area (Å²) < 4.78 is 21.3. The van der Waals surface area contributed by atoms with Crippen LogP contribution in [-0.4, -0.2) is 49.3 Å². The van der Waals surface area contributed by atoms with E-state index in [1.807, 2.05) is 31.2 Å². The van der Waals surface area contributed by atoms with Crippen LogP contribution >= 0.6 is 11.3 Å². The Morgan fingerprint density at radius 2 is 2.08 bits per heavy atom. The molecule has 1 aliphatic rings. The molecule has 10 heteroatoms. The SMILES string of the molecule is Cc1ccc2[nH]c(=O)c([C@H](c3nnnn3Cc3ccc(F)cc3)N(Cc3cccs3)C[C@@H]3CCCO3)cc2c1. The van der Waals surface area contributed by atoms with Gasteiger partial charge >= 0.3 is 0 Å². The topological polar surface area (TPSA) is 88.9 Å². The molecule has 0 bridgehead atoms. The minimum absolute atomic E-state index is 0.0515. The lowest BCUT2D eigenvalue weighted by Crippen LogP contribution is -2.39. The normalized spacial score (nSPS) is 16.3. The quantitative estimate of drug-likeness (QED) is 0.286. The van der Waals surface area contributed by atoms with E-state index < -0.39 is 6.04 Å². The smallest absolute Gasteiger partial charge is 0.253 e. The van der Waals surface area contributed by atoms with E-state index in [0.29, 0.717) is 31.0 Å². The molecular weight excluding hydrogens is 515 g/mol. The summed E-state index contributed by atoms with van der Waals surface area (Å²) in [5.41, 5.74) is 3.13. The van der Waals surface area contributed by atoms with Crippen molar-refractivity contribution in [1.29, 1.82) is 0 Å². The maximum absolute atomic E-state index is 13.7. The van der Waals surface area contributed by atoms with E-state index in [4.69, 9.17) is 4.74 Å². The van der Waals surface area contributed by atoms with Crippen LogP contribution in [0.1, 0.15) is 46.3 Å². The summed E-state index contributed by atoms with van der Waals surface area (Å²) >= 11 is 1.67. The average Bonchev–Trinajstić information content (AvgIpc) is 3.71. The first kappa shape index (κ1) is 25.5. The number of hydrogen-bond acceptors (Lipinski definition) is 7. The van der Waals surface area contributed by atoms with E-state index in [1.165, 1.54) is 17.0 Å². The molecule has 1 N–H and O–H groups in total. The lowest BCUT2D eigenvalue weighted by molar-refractivity contribution is 0.0578. The highest BCUT2D eigenvalue weighted by molar-refractivity contribution is 7.09. The Morgan fingerprint density at radius 1 is 1.21 bits per heavy atom. The van der Waals surface area contributed by atoms with Crippen molar-refractivity contribution in [2.75, 3.05) is 13.2 Å². The minimum Gasteiger partial charge on any atom is -0.377 e. The van der Waals surface area contributed by atoms with Crippen LogP contribution in [0, 0.1) is 12.7 Å². The number of aromatic amines is 1. The van der Waals surface area contributed by atoms with Gasteiger partial charge in [0, 0.05) is 35.7 Å². The average molecular weight is 545 g/mol. The maximum Gasteiger partial charge on any atom is 0.253 e. The highest BCUT2D eigenvalue weighted by Crippen LogP contribution is 2.31. The molecule has 8 nitrogen and oxygen atoms in total. The Hall–Kier alpha value is -3.73. The summed E-state index contributed by atoms with van der Waals surface area (Å²) in [6.07, 6.45) is 2.03. The van der Waals surface area contributed by atoms with E-state index >= 15 is 0 Å². The molecule has 200 valence electrons. The highest BCUT2D eigenvalue weighted by Gasteiger charge is 2.33. The van der Waals surface area contributed by atoms with Crippen LogP contribution in [0.2, 0.25) is 0 Å². The minimum atomic E-state index is -0.541. The molecule has 6 rings (SSSR count). The summed E-state index contributed by atoms with van der Waals surface area (Å²) in [6, 6.07) is 17.8. The Morgan fingerprint density at radius 3 is 2.85 bits per heavy atom. The molecule has 2 atom stereocenters. The second kappa shape index (κ2) is 11.2. The van der Waals surface area contributed by atoms with Gasteiger partial charge in [0.15, 0.2) is 5.82 Å². The van der Waals surface area contributed by atoms with Gasteiger partial charge in [-0.2, -0.15) is 0 Å². The molecule has 0 radical (unpaired) electrons. The number of thiophene rings is 1. The van der Waals surface area contributed by atoms with Gasteiger partial charge < -0.3 is 9.72 Å². The Bertz CT molecular complexity index is 1610. The third-order valence-electron chi connectivity index (χ3n) is 7.14. The number of benzene rings is 2. The van der Waals surface area contributed by atoms with Crippen LogP contribution in [0.4, 0.5) is 4.39 Å². The maximum atomic E-state index is 13.7. The molecule has 4 heterocycles. The number of pyridine rings is 1. The van der Waals surface area contributed by atoms with Crippen molar-refractivity contribution in [2.24, 2.45) is 0 Å². The monoisotopic (exact) mass is 544 g/mol. The van der Waals surface area contributed by atoms with E-state index in [0.717, 1.165) is 41.5 Å². The zero-order valence-corrected chi connectivity index (χ0v) is 22.4. The van der Waals surface area contributed by atoms with Crippen molar-refractivity contribution in [1.82, 2.24) is 30.1 Å². The van der Waals surface area contributed by atoms with Crippen molar-refractivity contribution >= 4 is 22.2 Å². The molecule has 1 saturated heterocycles. The van der Waals surface area contributed by atoms with Crippen molar-refractivity contribution in [3.05, 3.63) is 110 Å². The van der Waals surface area contributed by atoms with Gasteiger partial charge in [0.1, 0.15) is 11.9 Å². The second-order valence-electron chi connectivity index (χ2n) is 10.0. The van der Waals surface area contributed by atoms with Gasteiger partial charge in [0.05, 0.1) is 12.6 Å². The van der Waals surface area contributed by atoms with E-state index in [-0.39, 0.29) is 17.5 Å². The molecular formula is C29H29FN6O2S. The van der Waals surface area contributed by atoms with E-state index in [2.05, 4.69) is 42.9 Å². The van der Waals surface area contributed by atoms with Gasteiger partial charge in [-0.05, 0) is 82.9 Å². The van der Waals surface area contributed by atoms with Crippen LogP contribution in [-0.2, 0) is 17.8 Å². The Kier molecular flexibility index (Phi) is 7.32. The molecule has 3 aromatic heterocycles. The predicted molar refractivity (Wildman–Crippen MR) is 148 cm³/mol. The number of fused-ring (bicyclic) bond motifs is 1. The molecule has 0 aliphatic carbocycles. The molecule has 0 saturated carbocycles. The van der Waals surface area contributed by atoms with Gasteiger partial charge in [0.2, 0.25) is 0 Å². The van der Waals surface area contributed by atoms with Crippen LogP contribution < -0.4 is 5.56 Å². The number of hydrogen-bond donors (Lipinski definition) is 1. The number of aryl methyl sites for hydroxylation is 1. The molecule has 39 heavy (non-hydrogen) atoms. The van der Waals surface area contributed by atoms with Gasteiger partial charge in [0.25, 0.3) is 5.56 Å². The number of nitrogens with zero attached hydrogens (tertiary/aromatic N) is 5. The second-order valence-corrected chi connectivity index (χ2v) is 11.0. The number of tetrazole rings is 1. The number of ether oxygens (including phenoxy) is 1. The lowest BCUT2D eigenvalue weighted by Gasteiger charge is -2.32. The summed E-state index contributed by atoms with van der Waals surface area (Å²) in [5.74, 6) is 0.247. The fourth-order valence-electron chi connectivity index (χ4n) is 5.24. The standard InChI is InChI=1S/C29H29FN6O2S/c1-19-6-11-26-21(14-19)15-25(29(37)31-26)27(28-32-33-34-36(28)16-20-7-9-22(30)10-8-20)35(17-23-4-2-12-38-23)18-24-5-3-13-39-24/h3,5-11,13-15,23,27H,2,4,12,16-18H2,1H3,(H,31,37)/t23-,27+/m0/s1. The van der Waals surface area contributed by atoms with E-state index in [1.54, 1.807) is 28.2 Å².